The van der Waals surface area contributed by atoms with E-state index in [0.29, 0.717) is 37.0 Å². The number of aromatic nitrogens is 4. The lowest BCUT2D eigenvalue weighted by Gasteiger charge is -2.38. The van der Waals surface area contributed by atoms with Crippen LogP contribution in [-0.4, -0.2) is 72.9 Å². The van der Waals surface area contributed by atoms with Crippen LogP contribution in [0.4, 0.5) is 0 Å². The summed E-state index contributed by atoms with van der Waals surface area (Å²) in [4.78, 5) is 34.5. The molecule has 0 spiro atoms. The van der Waals surface area contributed by atoms with Crippen LogP contribution in [0.5, 0.6) is 0 Å². The van der Waals surface area contributed by atoms with Crippen molar-refractivity contribution < 1.29 is 9.90 Å². The quantitative estimate of drug-likeness (QED) is 0.398. The summed E-state index contributed by atoms with van der Waals surface area (Å²) in [6, 6.07) is 16.4. The van der Waals surface area contributed by atoms with Gasteiger partial charge in [-0.3, -0.25) is 14.2 Å². The molecule has 9 heteroatoms. The van der Waals surface area contributed by atoms with Crippen molar-refractivity contribution in [2.45, 2.75) is 44.4 Å². The van der Waals surface area contributed by atoms with Gasteiger partial charge in [-0.15, -0.1) is 0 Å². The molecule has 3 heterocycles. The number of hydrogen-bond donors (Lipinski definition) is 1. The third-order valence-corrected chi connectivity index (χ3v) is 7.82. The van der Waals surface area contributed by atoms with E-state index in [-0.39, 0.29) is 23.9 Å². The normalized spacial score (nSPS) is 17.2. The first-order valence-corrected chi connectivity index (χ1v) is 13.6. The number of aliphatic hydroxyl groups is 1. The summed E-state index contributed by atoms with van der Waals surface area (Å²) >= 11 is 0. The van der Waals surface area contributed by atoms with Crippen LogP contribution in [0, 0.1) is 5.92 Å². The Morgan fingerprint density at radius 2 is 1.87 bits per heavy atom. The molecule has 1 aliphatic heterocycles. The molecule has 0 radical (unpaired) electrons. The maximum atomic E-state index is 13.5. The second kappa shape index (κ2) is 10.1. The molecule has 1 saturated carbocycles. The Morgan fingerprint density at radius 3 is 2.62 bits per heavy atom. The fourth-order valence-electron chi connectivity index (χ4n) is 5.55. The number of carbonyl (C=O) groups excluding carboxylic acids is 1. The number of benzene rings is 2. The minimum Gasteiger partial charge on any atom is -0.388 e. The molecule has 0 unspecified atom stereocenters. The van der Waals surface area contributed by atoms with Crippen LogP contribution in [-0.2, 0) is 17.9 Å². The number of likely N-dealkylation sites (tertiary alicyclic amines) is 1. The van der Waals surface area contributed by atoms with Gasteiger partial charge in [0.1, 0.15) is 11.7 Å². The number of para-hydroxylation sites is 1. The Morgan fingerprint density at radius 1 is 1.10 bits per heavy atom. The number of fused-ring (bicyclic) bond motifs is 1. The average Bonchev–Trinajstić information content (AvgIpc) is 3.69. The molecule has 1 amide bonds. The predicted molar refractivity (Wildman–Crippen MR) is 149 cm³/mol. The summed E-state index contributed by atoms with van der Waals surface area (Å²) in [5, 5.41) is 16.2. The highest BCUT2D eigenvalue weighted by atomic mass is 16.3. The molecule has 0 atom stereocenters. The Kier molecular flexibility index (Phi) is 6.56. The molecule has 2 aromatic carbocycles. The summed E-state index contributed by atoms with van der Waals surface area (Å²) in [6.45, 7) is 2.01. The molecule has 2 fully saturated rings. The first-order chi connectivity index (χ1) is 18.8. The van der Waals surface area contributed by atoms with E-state index in [1.54, 1.807) is 10.9 Å². The predicted octanol–water partition coefficient (Wildman–Crippen LogP) is 3.07. The number of hydrogen-bond acceptors (Lipinski definition) is 6. The van der Waals surface area contributed by atoms with Crippen molar-refractivity contribution in [3.63, 3.8) is 0 Å². The zero-order chi connectivity index (χ0) is 27.1. The molecule has 202 valence electrons. The second-order valence-electron chi connectivity index (χ2n) is 11.3. The molecule has 1 aliphatic carbocycles. The molecular weight excluding hydrogens is 492 g/mol. The van der Waals surface area contributed by atoms with Gasteiger partial charge in [0.2, 0.25) is 5.91 Å². The Labute approximate surface area is 227 Å². The maximum Gasteiger partial charge on any atom is 0.264 e. The molecule has 1 saturated heterocycles. The van der Waals surface area contributed by atoms with Crippen LogP contribution < -0.4 is 5.56 Å². The van der Waals surface area contributed by atoms with Crippen LogP contribution in [0.15, 0.2) is 65.8 Å². The Bertz CT molecular complexity index is 1580. The Balaban J connectivity index is 1.27. The smallest absolute Gasteiger partial charge is 0.264 e. The summed E-state index contributed by atoms with van der Waals surface area (Å²) in [7, 11) is 4.10. The molecule has 4 aromatic rings. The molecule has 2 aliphatic rings. The van der Waals surface area contributed by atoms with Crippen LogP contribution in [0.2, 0.25) is 0 Å². The van der Waals surface area contributed by atoms with E-state index in [1.165, 1.54) is 16.5 Å². The SMILES string of the molecule is CN(C)Cc1cccc(-c2ccccc2-n2ncc3c(=O)n(CC4(O)CCN(C(=O)C5CC5)CC4)cnc32)c1. The van der Waals surface area contributed by atoms with Gasteiger partial charge in [-0.25, -0.2) is 9.67 Å². The van der Waals surface area contributed by atoms with Crippen LogP contribution >= 0.6 is 0 Å². The zero-order valence-corrected chi connectivity index (χ0v) is 22.5. The molecule has 2 aromatic heterocycles. The van der Waals surface area contributed by atoms with Gasteiger partial charge in [-0.1, -0.05) is 36.4 Å². The van der Waals surface area contributed by atoms with Crippen molar-refractivity contribution in [1.82, 2.24) is 29.1 Å². The van der Waals surface area contributed by atoms with Gasteiger partial charge < -0.3 is 14.9 Å². The van der Waals surface area contributed by atoms with Gasteiger partial charge in [-0.05, 0) is 63.0 Å². The van der Waals surface area contributed by atoms with Gasteiger partial charge in [0.05, 0.1) is 24.0 Å². The first kappa shape index (κ1) is 25.5. The third kappa shape index (κ3) is 5.12. The van der Waals surface area contributed by atoms with Crippen molar-refractivity contribution in [2.24, 2.45) is 5.92 Å². The molecule has 39 heavy (non-hydrogen) atoms. The number of nitrogens with zero attached hydrogens (tertiary/aromatic N) is 6. The maximum absolute atomic E-state index is 13.5. The van der Waals surface area contributed by atoms with Gasteiger partial charge in [0.25, 0.3) is 5.56 Å². The standard InChI is InChI=1S/C30H34N6O3/c1-33(2)18-21-6-5-7-23(16-21)24-8-3-4-9-26(24)36-27-25(17-32-36)29(38)35(20-31-27)19-30(39)12-14-34(15-13-30)28(37)22-10-11-22/h3-9,16-17,20,22,39H,10-15,18-19H2,1-2H3. The zero-order valence-electron chi connectivity index (χ0n) is 22.5. The van der Waals surface area contributed by atoms with Crippen molar-refractivity contribution >= 4 is 16.9 Å². The van der Waals surface area contributed by atoms with Gasteiger partial charge in [-0.2, -0.15) is 5.10 Å². The van der Waals surface area contributed by atoms with Gasteiger partial charge in [0, 0.05) is 31.1 Å². The average molecular weight is 527 g/mol. The molecule has 0 bridgehead atoms. The number of carbonyl (C=O) groups is 1. The second-order valence-corrected chi connectivity index (χ2v) is 11.3. The van der Waals surface area contributed by atoms with E-state index >= 15 is 0 Å². The Hall–Kier alpha value is -3.82. The van der Waals surface area contributed by atoms with Gasteiger partial charge >= 0.3 is 0 Å². The summed E-state index contributed by atoms with van der Waals surface area (Å²) in [5.74, 6) is 0.378. The van der Waals surface area contributed by atoms with Gasteiger partial charge in [0.15, 0.2) is 5.65 Å². The molecular formula is C30H34N6O3. The molecule has 1 N–H and O–H groups in total. The largest absolute Gasteiger partial charge is 0.388 e. The lowest BCUT2D eigenvalue weighted by atomic mass is 9.91. The van der Waals surface area contributed by atoms with Crippen LogP contribution in [0.1, 0.15) is 31.2 Å². The summed E-state index contributed by atoms with van der Waals surface area (Å²) in [5.41, 5.74) is 3.29. The summed E-state index contributed by atoms with van der Waals surface area (Å²) in [6.07, 6.45) is 5.89. The highest BCUT2D eigenvalue weighted by Crippen LogP contribution is 2.33. The van der Waals surface area contributed by atoms with Crippen LogP contribution in [0.3, 0.4) is 0 Å². The van der Waals surface area contributed by atoms with Crippen molar-refractivity contribution in [1.29, 1.82) is 0 Å². The fourth-order valence-corrected chi connectivity index (χ4v) is 5.55. The lowest BCUT2D eigenvalue weighted by molar-refractivity contribution is -0.137. The highest BCUT2D eigenvalue weighted by Gasteiger charge is 2.39. The lowest BCUT2D eigenvalue weighted by Crippen LogP contribution is -2.50. The van der Waals surface area contributed by atoms with E-state index in [2.05, 4.69) is 45.3 Å². The molecule has 9 nitrogen and oxygen atoms in total. The number of piperidine rings is 1. The number of rotatable bonds is 7. The van der Waals surface area contributed by atoms with E-state index in [4.69, 9.17) is 0 Å². The van der Waals surface area contributed by atoms with E-state index in [9.17, 15) is 14.7 Å². The minimum atomic E-state index is -1.06. The summed E-state index contributed by atoms with van der Waals surface area (Å²) < 4.78 is 3.19. The van der Waals surface area contributed by atoms with E-state index < -0.39 is 5.60 Å². The van der Waals surface area contributed by atoms with Crippen molar-refractivity contribution in [3.8, 4) is 16.8 Å². The van der Waals surface area contributed by atoms with Crippen LogP contribution in [0.25, 0.3) is 27.8 Å². The van der Waals surface area contributed by atoms with E-state index in [0.717, 1.165) is 36.2 Å². The molecule has 6 rings (SSSR count). The first-order valence-electron chi connectivity index (χ1n) is 13.6. The minimum absolute atomic E-state index is 0.140. The number of amides is 1. The fraction of sp³-hybridized carbons (Fsp3) is 0.400. The van der Waals surface area contributed by atoms with E-state index in [1.807, 2.05) is 37.2 Å². The topological polar surface area (TPSA) is 96.5 Å². The third-order valence-electron chi connectivity index (χ3n) is 7.82. The van der Waals surface area contributed by atoms with Crippen molar-refractivity contribution in [3.05, 3.63) is 77.0 Å². The monoisotopic (exact) mass is 526 g/mol. The van der Waals surface area contributed by atoms with Crippen molar-refractivity contribution in [2.75, 3.05) is 27.2 Å². The highest BCUT2D eigenvalue weighted by molar-refractivity contribution is 5.81.